The van der Waals surface area contributed by atoms with Crippen molar-refractivity contribution in [2.75, 3.05) is 0 Å². The third-order valence-electron chi connectivity index (χ3n) is 3.90. The van der Waals surface area contributed by atoms with E-state index in [0.717, 1.165) is 38.5 Å². The predicted octanol–water partition coefficient (Wildman–Crippen LogP) is 5.75. The Kier molecular flexibility index (Phi) is 9.91. The highest BCUT2D eigenvalue weighted by molar-refractivity contribution is 4.85. The van der Waals surface area contributed by atoms with E-state index in [0.29, 0.717) is 5.92 Å². The SMILES string of the molecule is CCCCC(CCCC)C([O])(CCC)CCC. The molecular weight excluding hydrogens is 208 g/mol. The molecule has 0 rings (SSSR count). The molecule has 1 radical (unpaired) electrons. The zero-order valence-electron chi connectivity index (χ0n) is 12.6. The summed E-state index contributed by atoms with van der Waals surface area (Å²) >= 11 is 0. The molecule has 0 heterocycles. The van der Waals surface area contributed by atoms with E-state index < -0.39 is 5.60 Å². The zero-order chi connectivity index (χ0) is 13.1. The second kappa shape index (κ2) is 9.94. The molecule has 0 atom stereocenters. The number of unbranched alkanes of at least 4 members (excludes halogenated alkanes) is 2. The average molecular weight is 241 g/mol. The molecule has 1 heteroatoms. The largest absolute Gasteiger partial charge is 0.229 e. The molecule has 0 aromatic rings. The van der Waals surface area contributed by atoms with E-state index in [1.54, 1.807) is 0 Å². The Balaban J connectivity index is 4.53. The van der Waals surface area contributed by atoms with E-state index in [1.807, 2.05) is 0 Å². The highest BCUT2D eigenvalue weighted by Crippen LogP contribution is 2.36. The molecule has 1 nitrogen and oxygen atoms in total. The van der Waals surface area contributed by atoms with Crippen molar-refractivity contribution in [3.63, 3.8) is 0 Å². The van der Waals surface area contributed by atoms with Gasteiger partial charge in [0.05, 0.1) is 0 Å². The minimum atomic E-state index is -0.631. The van der Waals surface area contributed by atoms with Gasteiger partial charge < -0.3 is 0 Å². The van der Waals surface area contributed by atoms with Crippen LogP contribution in [0.2, 0.25) is 0 Å². The van der Waals surface area contributed by atoms with Crippen molar-refractivity contribution in [2.45, 2.75) is 97.5 Å². The molecule has 0 aromatic carbocycles. The summed E-state index contributed by atoms with van der Waals surface area (Å²) in [5.41, 5.74) is -0.631. The van der Waals surface area contributed by atoms with Crippen LogP contribution in [-0.4, -0.2) is 5.60 Å². The first kappa shape index (κ1) is 17.0. The fourth-order valence-electron chi connectivity index (χ4n) is 2.95. The molecule has 0 unspecified atom stereocenters. The van der Waals surface area contributed by atoms with Crippen molar-refractivity contribution in [2.24, 2.45) is 5.92 Å². The lowest BCUT2D eigenvalue weighted by atomic mass is 9.75. The van der Waals surface area contributed by atoms with Crippen LogP contribution in [0.15, 0.2) is 0 Å². The first-order valence-electron chi connectivity index (χ1n) is 7.84. The Hall–Kier alpha value is -0.0400. The van der Waals surface area contributed by atoms with Crippen molar-refractivity contribution >= 4 is 0 Å². The molecule has 103 valence electrons. The van der Waals surface area contributed by atoms with Crippen molar-refractivity contribution in [1.82, 2.24) is 0 Å². The second-order valence-corrected chi connectivity index (χ2v) is 5.55. The Morgan fingerprint density at radius 3 is 1.47 bits per heavy atom. The summed E-state index contributed by atoms with van der Waals surface area (Å²) in [6, 6.07) is 0. The van der Waals surface area contributed by atoms with Gasteiger partial charge in [0.15, 0.2) is 0 Å². The van der Waals surface area contributed by atoms with Crippen molar-refractivity contribution < 1.29 is 5.11 Å². The van der Waals surface area contributed by atoms with Gasteiger partial charge in [0.1, 0.15) is 5.60 Å². The molecule has 0 saturated carbocycles. The second-order valence-electron chi connectivity index (χ2n) is 5.55. The Bertz CT molecular complexity index is 151. The lowest BCUT2D eigenvalue weighted by molar-refractivity contribution is -0.0976. The first-order valence-corrected chi connectivity index (χ1v) is 7.84. The molecule has 0 bridgehead atoms. The van der Waals surface area contributed by atoms with E-state index >= 15 is 0 Å². The lowest BCUT2D eigenvalue weighted by Crippen LogP contribution is -2.36. The van der Waals surface area contributed by atoms with Crippen molar-refractivity contribution in [3.8, 4) is 0 Å². The Morgan fingerprint density at radius 2 is 1.18 bits per heavy atom. The molecule has 0 aliphatic rings. The minimum absolute atomic E-state index is 0.419. The van der Waals surface area contributed by atoms with E-state index in [9.17, 15) is 5.11 Å². The van der Waals surface area contributed by atoms with Gasteiger partial charge in [-0.25, -0.2) is 5.11 Å². The van der Waals surface area contributed by atoms with Crippen LogP contribution in [0.4, 0.5) is 0 Å². The monoisotopic (exact) mass is 241 g/mol. The molecule has 0 fully saturated rings. The standard InChI is InChI=1S/C16H33O/c1-5-9-11-15(12-10-6-2)16(17,13-7-3)14-8-4/h15H,5-14H2,1-4H3. The maximum atomic E-state index is 13.0. The zero-order valence-corrected chi connectivity index (χ0v) is 12.6. The molecule has 0 aromatic heterocycles. The maximum absolute atomic E-state index is 13.0. The van der Waals surface area contributed by atoms with Gasteiger partial charge in [-0.3, -0.25) is 0 Å². The molecule has 0 spiro atoms. The summed E-state index contributed by atoms with van der Waals surface area (Å²) in [6.45, 7) is 8.75. The fourth-order valence-corrected chi connectivity index (χ4v) is 2.95. The molecule has 0 aliphatic carbocycles. The molecule has 17 heavy (non-hydrogen) atoms. The van der Waals surface area contributed by atoms with E-state index in [4.69, 9.17) is 0 Å². The highest BCUT2D eigenvalue weighted by atomic mass is 16.3. The Morgan fingerprint density at radius 1 is 0.765 bits per heavy atom. The summed E-state index contributed by atoms with van der Waals surface area (Å²) in [5, 5.41) is 13.0. The fraction of sp³-hybridized carbons (Fsp3) is 1.00. The first-order chi connectivity index (χ1) is 8.14. The molecular formula is C16H33O. The van der Waals surface area contributed by atoms with Crippen LogP contribution < -0.4 is 0 Å². The predicted molar refractivity (Wildman–Crippen MR) is 75.8 cm³/mol. The quantitative estimate of drug-likeness (QED) is 0.439. The molecule has 0 N–H and O–H groups in total. The van der Waals surface area contributed by atoms with Crippen molar-refractivity contribution in [3.05, 3.63) is 0 Å². The molecule has 0 amide bonds. The van der Waals surface area contributed by atoms with Gasteiger partial charge >= 0.3 is 0 Å². The van der Waals surface area contributed by atoms with Gasteiger partial charge in [0, 0.05) is 0 Å². The van der Waals surface area contributed by atoms with Crippen LogP contribution in [0, 0.1) is 5.92 Å². The van der Waals surface area contributed by atoms with Gasteiger partial charge in [-0.05, 0) is 31.6 Å². The third kappa shape index (κ3) is 6.45. The van der Waals surface area contributed by atoms with Crippen LogP contribution in [0.1, 0.15) is 91.9 Å². The average Bonchev–Trinajstić information content (AvgIpc) is 2.29. The van der Waals surface area contributed by atoms with E-state index in [1.165, 1.54) is 25.7 Å². The summed E-state index contributed by atoms with van der Waals surface area (Å²) in [5.74, 6) is 0.419. The van der Waals surface area contributed by atoms with Crippen LogP contribution in [0.25, 0.3) is 0 Å². The van der Waals surface area contributed by atoms with Crippen LogP contribution >= 0.6 is 0 Å². The van der Waals surface area contributed by atoms with E-state index in [-0.39, 0.29) is 0 Å². The van der Waals surface area contributed by atoms with Gasteiger partial charge in [0.25, 0.3) is 0 Å². The van der Waals surface area contributed by atoms with Crippen LogP contribution in [0.5, 0.6) is 0 Å². The molecule has 0 aliphatic heterocycles. The van der Waals surface area contributed by atoms with Crippen LogP contribution in [0.3, 0.4) is 0 Å². The van der Waals surface area contributed by atoms with Gasteiger partial charge in [-0.2, -0.15) is 0 Å². The maximum Gasteiger partial charge on any atom is 0.106 e. The smallest absolute Gasteiger partial charge is 0.106 e. The summed E-state index contributed by atoms with van der Waals surface area (Å²) < 4.78 is 0. The van der Waals surface area contributed by atoms with Gasteiger partial charge in [-0.15, -0.1) is 0 Å². The van der Waals surface area contributed by atoms with E-state index in [2.05, 4.69) is 27.7 Å². The van der Waals surface area contributed by atoms with Crippen LogP contribution in [-0.2, 0) is 5.11 Å². The number of hydrogen-bond acceptors (Lipinski definition) is 0. The topological polar surface area (TPSA) is 19.9 Å². The third-order valence-corrected chi connectivity index (χ3v) is 3.90. The normalized spacial score (nSPS) is 12.4. The van der Waals surface area contributed by atoms with Gasteiger partial charge in [-0.1, -0.05) is 66.2 Å². The summed E-state index contributed by atoms with van der Waals surface area (Å²) in [7, 11) is 0. The Labute approximate surface area is 109 Å². The summed E-state index contributed by atoms with van der Waals surface area (Å²) in [6.07, 6.45) is 11.0. The number of hydrogen-bond donors (Lipinski definition) is 0. The summed E-state index contributed by atoms with van der Waals surface area (Å²) in [4.78, 5) is 0. The van der Waals surface area contributed by atoms with Crippen molar-refractivity contribution in [1.29, 1.82) is 0 Å². The molecule has 0 saturated heterocycles. The minimum Gasteiger partial charge on any atom is -0.229 e. The lowest BCUT2D eigenvalue weighted by Gasteiger charge is -2.34. The highest BCUT2D eigenvalue weighted by Gasteiger charge is 2.35. The van der Waals surface area contributed by atoms with Gasteiger partial charge in [0.2, 0.25) is 0 Å². The number of rotatable bonds is 11.